The molecular formula is C12H19N5O7S. The predicted octanol–water partition coefficient (Wildman–Crippen LogP) is -0.330. The lowest BCUT2D eigenvalue weighted by atomic mass is 10.3. The number of aromatic nitrogens is 2. The van der Waals surface area contributed by atoms with Gasteiger partial charge in [-0.15, -0.1) is 9.35 Å². The summed E-state index contributed by atoms with van der Waals surface area (Å²) in [6.07, 6.45) is 3.63. The van der Waals surface area contributed by atoms with Gasteiger partial charge in [-0.2, -0.15) is 13.5 Å². The summed E-state index contributed by atoms with van der Waals surface area (Å²) in [5, 5.41) is 16.3. The van der Waals surface area contributed by atoms with E-state index in [4.69, 9.17) is 9.66 Å². The Hall–Kier alpha value is -2.22. The third kappa shape index (κ3) is 4.66. The lowest BCUT2D eigenvalue weighted by molar-refractivity contribution is 0.0390. The van der Waals surface area contributed by atoms with Crippen LogP contribution in [0.15, 0.2) is 11.4 Å². The van der Waals surface area contributed by atoms with Gasteiger partial charge in [-0.3, -0.25) is 9.23 Å². The van der Waals surface area contributed by atoms with Crippen LogP contribution in [0.5, 0.6) is 0 Å². The molecule has 2 amide bonds. The molecule has 3 heterocycles. The fourth-order valence-electron chi connectivity index (χ4n) is 2.14. The van der Waals surface area contributed by atoms with E-state index in [0.29, 0.717) is 23.8 Å². The van der Waals surface area contributed by atoms with Gasteiger partial charge >= 0.3 is 16.4 Å². The number of aryl methyl sites for hydroxylation is 1. The van der Waals surface area contributed by atoms with Crippen LogP contribution in [-0.4, -0.2) is 64.3 Å². The van der Waals surface area contributed by atoms with Crippen molar-refractivity contribution in [1.82, 2.24) is 14.7 Å². The summed E-state index contributed by atoms with van der Waals surface area (Å²) in [4.78, 5) is 17.9. The topological polar surface area (TPSA) is 147 Å². The Morgan fingerprint density at radius 3 is 2.68 bits per heavy atom. The lowest BCUT2D eigenvalue weighted by Crippen LogP contribution is -2.47. The number of nitrogens with zero attached hydrogens (tertiary/aromatic N) is 5. The lowest BCUT2D eigenvalue weighted by Gasteiger charge is -2.32. The second-order valence-electron chi connectivity index (χ2n) is 5.13. The number of aliphatic hydroxyl groups is 1. The Bertz CT molecular complexity index is 739. The summed E-state index contributed by atoms with van der Waals surface area (Å²) in [7, 11) is -3.12. The first kappa shape index (κ1) is 19.1. The van der Waals surface area contributed by atoms with Crippen molar-refractivity contribution in [3.05, 3.63) is 11.9 Å². The van der Waals surface area contributed by atoms with Gasteiger partial charge in [0.1, 0.15) is 5.69 Å². The average Bonchev–Trinajstić information content (AvgIpc) is 3.19. The molecular weight excluding hydrogens is 358 g/mol. The number of hydrogen-bond donors (Lipinski definition) is 2. The molecule has 0 aliphatic carbocycles. The molecule has 2 N–H and O–H groups in total. The quantitative estimate of drug-likeness (QED) is 0.678. The molecule has 13 heteroatoms. The van der Waals surface area contributed by atoms with E-state index >= 15 is 0 Å². The SMILES string of the molecule is CCN1Cc2c(cnn2C)N(OS(=O)(=O)O)C1=O.OCC1CC=NO1. The van der Waals surface area contributed by atoms with Crippen LogP contribution >= 0.6 is 0 Å². The highest BCUT2D eigenvalue weighted by Gasteiger charge is 2.35. The number of carbonyl (C=O) groups is 1. The monoisotopic (exact) mass is 377 g/mol. The van der Waals surface area contributed by atoms with Crippen molar-refractivity contribution in [2.45, 2.75) is 26.0 Å². The number of oxime groups is 1. The van der Waals surface area contributed by atoms with Crippen LogP contribution < -0.4 is 5.06 Å². The highest BCUT2D eigenvalue weighted by Crippen LogP contribution is 2.28. The Morgan fingerprint density at radius 2 is 2.20 bits per heavy atom. The van der Waals surface area contributed by atoms with Crippen molar-refractivity contribution < 1.29 is 32.0 Å². The number of aliphatic hydroxyl groups excluding tert-OH is 1. The van der Waals surface area contributed by atoms with E-state index < -0.39 is 16.4 Å². The molecule has 1 unspecified atom stereocenters. The van der Waals surface area contributed by atoms with E-state index in [2.05, 4.69) is 19.4 Å². The number of hydroxylamine groups is 1. The summed E-state index contributed by atoms with van der Waals surface area (Å²) >= 11 is 0. The maximum absolute atomic E-state index is 11.9. The second-order valence-corrected chi connectivity index (χ2v) is 6.13. The molecule has 0 bridgehead atoms. The van der Waals surface area contributed by atoms with Crippen LogP contribution in [-0.2, 0) is 33.1 Å². The fourth-order valence-corrected chi connectivity index (χ4v) is 2.47. The third-order valence-electron chi connectivity index (χ3n) is 3.45. The van der Waals surface area contributed by atoms with Crippen molar-refractivity contribution in [2.24, 2.45) is 12.2 Å². The number of fused-ring (bicyclic) bond motifs is 1. The van der Waals surface area contributed by atoms with Gasteiger partial charge in [0.05, 0.1) is 25.0 Å². The average molecular weight is 377 g/mol. The molecule has 1 aromatic heterocycles. The van der Waals surface area contributed by atoms with Crippen LogP contribution in [0.25, 0.3) is 0 Å². The smallest absolute Gasteiger partial charge is 0.392 e. The highest BCUT2D eigenvalue weighted by molar-refractivity contribution is 7.81. The molecule has 12 nitrogen and oxygen atoms in total. The minimum absolute atomic E-state index is 0.0694. The van der Waals surface area contributed by atoms with Gasteiger partial charge in [-0.1, -0.05) is 5.16 Å². The first-order valence-corrected chi connectivity index (χ1v) is 8.68. The molecule has 140 valence electrons. The zero-order chi connectivity index (χ0) is 18.6. The molecule has 3 rings (SSSR count). The molecule has 0 radical (unpaired) electrons. The molecule has 0 aromatic carbocycles. The molecule has 2 aliphatic rings. The Labute approximate surface area is 144 Å². The number of rotatable bonds is 4. The summed E-state index contributed by atoms with van der Waals surface area (Å²) < 4.78 is 36.0. The molecule has 2 aliphatic heterocycles. The summed E-state index contributed by atoms with van der Waals surface area (Å²) in [6.45, 7) is 2.48. The van der Waals surface area contributed by atoms with E-state index in [-0.39, 0.29) is 18.4 Å². The third-order valence-corrected chi connectivity index (χ3v) is 3.79. The van der Waals surface area contributed by atoms with E-state index in [1.54, 1.807) is 20.2 Å². The Morgan fingerprint density at radius 1 is 1.48 bits per heavy atom. The normalized spacial score (nSPS) is 19.4. The maximum Gasteiger partial charge on any atom is 0.419 e. The molecule has 0 saturated carbocycles. The van der Waals surface area contributed by atoms with Gasteiger partial charge in [0.25, 0.3) is 0 Å². The van der Waals surface area contributed by atoms with Crippen LogP contribution in [0.2, 0.25) is 0 Å². The van der Waals surface area contributed by atoms with Crippen LogP contribution in [0.1, 0.15) is 19.0 Å². The van der Waals surface area contributed by atoms with Crippen molar-refractivity contribution in [1.29, 1.82) is 0 Å². The highest BCUT2D eigenvalue weighted by atomic mass is 32.3. The van der Waals surface area contributed by atoms with Crippen molar-refractivity contribution in [3.8, 4) is 0 Å². The van der Waals surface area contributed by atoms with Gasteiger partial charge in [-0.05, 0) is 6.92 Å². The van der Waals surface area contributed by atoms with E-state index in [1.807, 2.05) is 0 Å². The maximum atomic E-state index is 11.9. The first-order valence-electron chi connectivity index (χ1n) is 7.32. The number of anilines is 1. The summed E-state index contributed by atoms with van der Waals surface area (Å²) in [6, 6.07) is -0.671. The Balaban J connectivity index is 0.000000269. The van der Waals surface area contributed by atoms with Gasteiger partial charge in [-0.25, -0.2) is 4.79 Å². The molecule has 0 fully saturated rings. The number of amides is 2. The minimum atomic E-state index is -4.78. The summed E-state index contributed by atoms with van der Waals surface area (Å²) in [5.74, 6) is 0. The van der Waals surface area contributed by atoms with E-state index in [9.17, 15) is 13.2 Å². The predicted molar refractivity (Wildman–Crippen MR) is 84.9 cm³/mol. The van der Waals surface area contributed by atoms with Crippen LogP contribution in [0.3, 0.4) is 0 Å². The molecule has 1 aromatic rings. The standard InChI is InChI=1S/C8H12N4O5S.C4H7NO2/c1-3-11-5-7-6(4-9-10(7)2)12(8(11)13)17-18(14,15)16;6-3-4-1-2-5-7-4/h4H,3,5H2,1-2H3,(H,14,15,16);2,4,6H,1,3H2. The number of carbonyl (C=O) groups excluding carboxylic acids is 1. The van der Waals surface area contributed by atoms with E-state index in [0.717, 1.165) is 6.42 Å². The van der Waals surface area contributed by atoms with E-state index in [1.165, 1.54) is 15.8 Å². The molecule has 1 atom stereocenters. The number of urea groups is 1. The van der Waals surface area contributed by atoms with Gasteiger partial charge in [0, 0.05) is 26.2 Å². The zero-order valence-electron chi connectivity index (χ0n) is 13.6. The first-order chi connectivity index (χ1) is 11.8. The Kier molecular flexibility index (Phi) is 5.94. The molecule has 0 spiro atoms. The van der Waals surface area contributed by atoms with Gasteiger partial charge in [0.2, 0.25) is 0 Å². The van der Waals surface area contributed by atoms with Gasteiger partial charge < -0.3 is 14.8 Å². The minimum Gasteiger partial charge on any atom is -0.392 e. The van der Waals surface area contributed by atoms with Crippen LogP contribution in [0, 0.1) is 0 Å². The van der Waals surface area contributed by atoms with Crippen molar-refractivity contribution in [3.63, 3.8) is 0 Å². The number of hydrogen-bond acceptors (Lipinski definition) is 8. The fraction of sp³-hybridized carbons (Fsp3) is 0.583. The van der Waals surface area contributed by atoms with Gasteiger partial charge in [0.15, 0.2) is 6.10 Å². The van der Waals surface area contributed by atoms with Crippen molar-refractivity contribution >= 4 is 28.3 Å². The zero-order valence-corrected chi connectivity index (χ0v) is 14.5. The summed E-state index contributed by atoms with van der Waals surface area (Å²) in [5.41, 5.74) is 0.810. The second kappa shape index (κ2) is 7.77. The molecule has 25 heavy (non-hydrogen) atoms. The van der Waals surface area contributed by atoms with Crippen molar-refractivity contribution in [2.75, 3.05) is 18.2 Å². The largest absolute Gasteiger partial charge is 0.419 e. The molecule has 0 saturated heterocycles. The van der Waals surface area contributed by atoms with Crippen LogP contribution in [0.4, 0.5) is 10.5 Å².